The molecule has 0 spiro atoms. The Morgan fingerprint density at radius 1 is 0.319 bits per heavy atom. The molecule has 0 saturated heterocycles. The van der Waals surface area contributed by atoms with E-state index in [1.165, 1.54) is 43.6 Å². The van der Waals surface area contributed by atoms with E-state index in [0.717, 1.165) is 39.5 Å². The third kappa shape index (κ3) is 3.85. The molecule has 0 amide bonds. The van der Waals surface area contributed by atoms with Crippen LogP contribution in [0.2, 0.25) is 0 Å². The second-order valence-electron chi connectivity index (χ2n) is 12.1. The van der Waals surface area contributed by atoms with Crippen molar-refractivity contribution in [3.8, 4) is 28.5 Å². The van der Waals surface area contributed by atoms with Gasteiger partial charge in [-0.3, -0.25) is 4.57 Å². The van der Waals surface area contributed by atoms with Crippen molar-refractivity contribution in [1.82, 2.24) is 18.7 Å². The van der Waals surface area contributed by atoms with E-state index < -0.39 is 0 Å². The minimum Gasteiger partial charge on any atom is -0.309 e. The fraction of sp³-hybridized carbons (Fsp3) is 0. The van der Waals surface area contributed by atoms with Gasteiger partial charge in [0.15, 0.2) is 0 Å². The lowest BCUT2D eigenvalue weighted by Crippen LogP contribution is -2.02. The summed E-state index contributed by atoms with van der Waals surface area (Å²) in [6.45, 7) is 0. The average molecular weight is 601 g/mol. The molecule has 3 heterocycles. The second kappa shape index (κ2) is 10.1. The molecule has 0 aliphatic heterocycles. The van der Waals surface area contributed by atoms with Crippen molar-refractivity contribution in [2.75, 3.05) is 0 Å². The van der Waals surface area contributed by atoms with E-state index in [4.69, 9.17) is 4.98 Å². The van der Waals surface area contributed by atoms with Gasteiger partial charge in [-0.25, -0.2) is 4.98 Å². The Kier molecular flexibility index (Phi) is 5.54. The first kappa shape index (κ1) is 25.9. The van der Waals surface area contributed by atoms with Crippen LogP contribution in [0, 0.1) is 0 Å². The summed E-state index contributed by atoms with van der Waals surface area (Å²) < 4.78 is 7.10. The molecule has 0 aliphatic carbocycles. The smallest absolute Gasteiger partial charge is 0.145 e. The molecule has 4 heteroatoms. The van der Waals surface area contributed by atoms with Gasteiger partial charge in [-0.05, 0) is 66.7 Å². The summed E-state index contributed by atoms with van der Waals surface area (Å²) in [6, 6.07) is 60.7. The van der Waals surface area contributed by atoms with Gasteiger partial charge >= 0.3 is 0 Å². The van der Waals surface area contributed by atoms with Crippen LogP contribution >= 0.6 is 0 Å². The van der Waals surface area contributed by atoms with Crippen molar-refractivity contribution in [1.29, 1.82) is 0 Å². The highest BCUT2D eigenvalue weighted by Gasteiger charge is 2.20. The molecular weight excluding hydrogens is 573 g/mol. The van der Waals surface area contributed by atoms with Gasteiger partial charge in [0.05, 0.1) is 33.1 Å². The fourth-order valence-corrected chi connectivity index (χ4v) is 7.44. The lowest BCUT2D eigenvalue weighted by molar-refractivity contribution is 1.09. The first-order valence-electron chi connectivity index (χ1n) is 16.0. The van der Waals surface area contributed by atoms with E-state index in [2.05, 4.69) is 184 Å². The molecule has 220 valence electrons. The molecular formula is C43H28N4. The van der Waals surface area contributed by atoms with Gasteiger partial charge in [0, 0.05) is 44.2 Å². The molecule has 0 aliphatic rings. The number of hydrogen-bond donors (Lipinski definition) is 0. The zero-order valence-electron chi connectivity index (χ0n) is 25.5. The maximum absolute atomic E-state index is 5.30. The number of imidazole rings is 1. The van der Waals surface area contributed by atoms with Crippen molar-refractivity contribution < 1.29 is 0 Å². The molecule has 47 heavy (non-hydrogen) atoms. The van der Waals surface area contributed by atoms with E-state index in [1.54, 1.807) is 0 Å². The van der Waals surface area contributed by atoms with E-state index >= 15 is 0 Å². The summed E-state index contributed by atoms with van der Waals surface area (Å²) in [4.78, 5) is 5.30. The number of aromatic nitrogens is 4. The van der Waals surface area contributed by atoms with Crippen LogP contribution in [0.4, 0.5) is 0 Å². The molecule has 7 aromatic carbocycles. The Labute approximate surface area is 271 Å². The Hall–Kier alpha value is -6.39. The number of para-hydroxylation sites is 7. The number of benzene rings is 7. The lowest BCUT2D eigenvalue weighted by atomic mass is 10.1. The van der Waals surface area contributed by atoms with Gasteiger partial charge in [-0.15, -0.1) is 0 Å². The number of nitrogens with zero attached hydrogens (tertiary/aromatic N) is 4. The normalized spacial score (nSPS) is 11.8. The first-order valence-corrected chi connectivity index (χ1v) is 16.0. The van der Waals surface area contributed by atoms with Crippen LogP contribution < -0.4 is 0 Å². The van der Waals surface area contributed by atoms with Gasteiger partial charge in [0.1, 0.15) is 5.82 Å². The highest BCUT2D eigenvalue weighted by Crippen LogP contribution is 2.38. The number of rotatable bonds is 4. The molecule has 0 saturated carbocycles. The van der Waals surface area contributed by atoms with Gasteiger partial charge < -0.3 is 9.13 Å². The predicted molar refractivity (Wildman–Crippen MR) is 195 cm³/mol. The monoisotopic (exact) mass is 600 g/mol. The molecule has 0 unspecified atom stereocenters. The first-order chi connectivity index (χ1) is 23.3. The van der Waals surface area contributed by atoms with Crippen LogP contribution in [0.1, 0.15) is 0 Å². The Morgan fingerprint density at radius 2 is 0.723 bits per heavy atom. The highest BCUT2D eigenvalue weighted by atomic mass is 15.1. The Balaban J connectivity index is 1.36. The van der Waals surface area contributed by atoms with E-state index in [9.17, 15) is 0 Å². The fourth-order valence-electron chi connectivity index (χ4n) is 7.44. The zero-order chi connectivity index (χ0) is 30.9. The van der Waals surface area contributed by atoms with E-state index in [1.807, 2.05) is 0 Å². The quantitative estimate of drug-likeness (QED) is 0.197. The minimum atomic E-state index is 0.905. The maximum Gasteiger partial charge on any atom is 0.145 e. The van der Waals surface area contributed by atoms with Gasteiger partial charge in [-0.2, -0.15) is 0 Å². The van der Waals surface area contributed by atoms with Gasteiger partial charge in [0.2, 0.25) is 0 Å². The standard InChI is InChI=1S/C43H28N4/c1-2-14-30(15-3-1)47-42-25-13-8-20-37(42)44-43(47)29-26-31(45-38-21-9-4-16-33(38)34-17-5-10-22-39(34)45)28-32(27-29)46-40-23-11-6-18-35(40)36-19-7-12-24-41(36)46/h1-28H. The molecule has 10 aromatic rings. The van der Waals surface area contributed by atoms with E-state index in [0.29, 0.717) is 0 Å². The largest absolute Gasteiger partial charge is 0.309 e. The minimum absolute atomic E-state index is 0.905. The molecule has 0 N–H and O–H groups in total. The summed E-state index contributed by atoms with van der Waals surface area (Å²) in [7, 11) is 0. The predicted octanol–water partition coefficient (Wildman–Crippen LogP) is 10.9. The molecule has 0 fully saturated rings. The topological polar surface area (TPSA) is 27.7 Å². The van der Waals surface area contributed by atoms with Crippen molar-refractivity contribution in [2.45, 2.75) is 0 Å². The van der Waals surface area contributed by atoms with Crippen LogP contribution in [0.25, 0.3) is 83.1 Å². The van der Waals surface area contributed by atoms with Crippen LogP contribution in [-0.2, 0) is 0 Å². The number of hydrogen-bond acceptors (Lipinski definition) is 1. The molecule has 4 nitrogen and oxygen atoms in total. The van der Waals surface area contributed by atoms with Crippen LogP contribution in [0.5, 0.6) is 0 Å². The maximum atomic E-state index is 5.30. The third-order valence-electron chi connectivity index (χ3n) is 9.41. The Morgan fingerprint density at radius 3 is 1.21 bits per heavy atom. The van der Waals surface area contributed by atoms with E-state index in [-0.39, 0.29) is 0 Å². The van der Waals surface area contributed by atoms with Crippen molar-refractivity contribution >= 4 is 54.6 Å². The summed E-state index contributed by atoms with van der Waals surface area (Å²) in [5.74, 6) is 0.905. The van der Waals surface area contributed by atoms with Crippen molar-refractivity contribution in [3.63, 3.8) is 0 Å². The van der Waals surface area contributed by atoms with Crippen LogP contribution in [0.15, 0.2) is 170 Å². The number of fused-ring (bicyclic) bond motifs is 7. The van der Waals surface area contributed by atoms with Crippen molar-refractivity contribution in [3.05, 3.63) is 170 Å². The van der Waals surface area contributed by atoms with Crippen LogP contribution in [-0.4, -0.2) is 18.7 Å². The SMILES string of the molecule is c1ccc(-n2c(-c3cc(-n4c5ccccc5c5ccccc54)cc(-n4c5ccccc5c5ccccc54)c3)nc3ccccc32)cc1. The summed E-state index contributed by atoms with van der Waals surface area (Å²) in [6.07, 6.45) is 0. The zero-order valence-corrected chi connectivity index (χ0v) is 25.5. The average Bonchev–Trinajstić information content (AvgIpc) is 3.80. The van der Waals surface area contributed by atoms with Crippen LogP contribution in [0.3, 0.4) is 0 Å². The Bertz CT molecular complexity index is 2560. The summed E-state index contributed by atoms with van der Waals surface area (Å²) >= 11 is 0. The summed E-state index contributed by atoms with van der Waals surface area (Å²) in [5, 5.41) is 4.96. The lowest BCUT2D eigenvalue weighted by Gasteiger charge is -2.16. The molecule has 10 rings (SSSR count). The van der Waals surface area contributed by atoms with Gasteiger partial charge in [-0.1, -0.05) is 103 Å². The summed E-state index contributed by atoms with van der Waals surface area (Å²) in [5.41, 5.74) is 11.0. The van der Waals surface area contributed by atoms with Crippen molar-refractivity contribution in [2.24, 2.45) is 0 Å². The molecule has 3 aromatic heterocycles. The van der Waals surface area contributed by atoms with Gasteiger partial charge in [0.25, 0.3) is 0 Å². The highest BCUT2D eigenvalue weighted by molar-refractivity contribution is 6.10. The third-order valence-corrected chi connectivity index (χ3v) is 9.41. The molecule has 0 bridgehead atoms. The molecule has 0 radical (unpaired) electrons. The molecule has 0 atom stereocenters. The second-order valence-corrected chi connectivity index (χ2v) is 12.1.